The summed E-state index contributed by atoms with van der Waals surface area (Å²) in [4.78, 5) is 4.19. The molecule has 1 aromatic heterocycles. The predicted octanol–water partition coefficient (Wildman–Crippen LogP) is 0.734. The molecule has 2 heterocycles. The summed E-state index contributed by atoms with van der Waals surface area (Å²) in [6.45, 7) is 2.97. The van der Waals surface area contributed by atoms with Gasteiger partial charge in [-0.2, -0.15) is 0 Å². The van der Waals surface area contributed by atoms with Crippen LogP contribution in [0.4, 0.5) is 0 Å². The predicted molar refractivity (Wildman–Crippen MR) is 76.5 cm³/mol. The van der Waals surface area contributed by atoms with Gasteiger partial charge in [-0.25, -0.2) is 0 Å². The molecule has 20 heavy (non-hydrogen) atoms. The van der Waals surface area contributed by atoms with Gasteiger partial charge in [0.05, 0.1) is 19.4 Å². The first-order valence-electron chi connectivity index (χ1n) is 6.93. The first-order valence-corrected chi connectivity index (χ1v) is 6.93. The second kappa shape index (κ2) is 7.31. The Labute approximate surface area is 119 Å². The lowest BCUT2D eigenvalue weighted by Crippen LogP contribution is -2.44. The third-order valence-electron chi connectivity index (χ3n) is 3.69. The molecule has 1 aliphatic rings. The van der Waals surface area contributed by atoms with Gasteiger partial charge in [0.2, 0.25) is 0 Å². The van der Waals surface area contributed by atoms with Crippen molar-refractivity contribution < 1.29 is 14.3 Å². The van der Waals surface area contributed by atoms with E-state index in [9.17, 15) is 5.11 Å². The monoisotopic (exact) mass is 281 g/mol. The Morgan fingerprint density at radius 1 is 1.50 bits per heavy atom. The van der Waals surface area contributed by atoms with Crippen molar-refractivity contribution in [1.29, 1.82) is 0 Å². The van der Waals surface area contributed by atoms with Gasteiger partial charge in [0, 0.05) is 32.2 Å². The Kier molecular flexibility index (Phi) is 5.43. The summed E-state index contributed by atoms with van der Waals surface area (Å²) >= 11 is 0. The zero-order valence-electron chi connectivity index (χ0n) is 11.9. The molecular formula is C14H23N3O3. The summed E-state index contributed by atoms with van der Waals surface area (Å²) in [7, 11) is 1.74. The summed E-state index contributed by atoms with van der Waals surface area (Å²) in [5.41, 5.74) is 0.0110. The van der Waals surface area contributed by atoms with E-state index in [1.165, 1.54) is 0 Å². The number of aliphatic hydroxyl groups is 1. The van der Waals surface area contributed by atoms with E-state index in [2.05, 4.69) is 15.6 Å². The lowest BCUT2D eigenvalue weighted by Gasteiger charge is -2.27. The fraction of sp³-hybridized carbons (Fsp3) is 0.643. The number of nitrogens with one attached hydrogen (secondary N) is 2. The van der Waals surface area contributed by atoms with E-state index in [4.69, 9.17) is 9.15 Å². The maximum atomic E-state index is 9.20. The third-order valence-corrected chi connectivity index (χ3v) is 3.69. The van der Waals surface area contributed by atoms with Crippen LogP contribution in [0.1, 0.15) is 18.6 Å². The summed E-state index contributed by atoms with van der Waals surface area (Å²) in [5, 5.41) is 15.7. The standard InChI is InChI=1S/C14H23N3O3/c1-15-13(16-9-12-3-2-7-20-12)17-10-14(4-6-18)5-8-19-11-14/h2-3,7,18H,4-6,8-11H2,1H3,(H2,15,16,17). The van der Waals surface area contributed by atoms with Gasteiger partial charge in [0.25, 0.3) is 0 Å². The van der Waals surface area contributed by atoms with Crippen molar-refractivity contribution in [1.82, 2.24) is 10.6 Å². The average molecular weight is 281 g/mol. The number of rotatable bonds is 6. The first kappa shape index (κ1) is 14.9. The van der Waals surface area contributed by atoms with Gasteiger partial charge in [-0.1, -0.05) is 0 Å². The van der Waals surface area contributed by atoms with Gasteiger partial charge in [0.15, 0.2) is 5.96 Å². The molecule has 1 unspecified atom stereocenters. The molecule has 112 valence electrons. The summed E-state index contributed by atoms with van der Waals surface area (Å²) < 4.78 is 10.7. The molecule has 3 N–H and O–H groups in total. The second-order valence-corrected chi connectivity index (χ2v) is 5.13. The van der Waals surface area contributed by atoms with Crippen LogP contribution < -0.4 is 10.6 Å². The van der Waals surface area contributed by atoms with Gasteiger partial charge in [-0.05, 0) is 25.0 Å². The lowest BCUT2D eigenvalue weighted by atomic mass is 9.84. The molecule has 0 amide bonds. The molecule has 0 aliphatic carbocycles. The molecular weight excluding hydrogens is 258 g/mol. The Hall–Kier alpha value is -1.53. The molecule has 0 bridgehead atoms. The van der Waals surface area contributed by atoms with E-state index in [0.29, 0.717) is 13.2 Å². The highest BCUT2D eigenvalue weighted by atomic mass is 16.5. The Morgan fingerprint density at radius 3 is 3.00 bits per heavy atom. The number of aliphatic hydroxyl groups excluding tert-OH is 1. The number of nitrogens with zero attached hydrogens (tertiary/aromatic N) is 1. The van der Waals surface area contributed by atoms with E-state index >= 15 is 0 Å². The Bertz CT molecular complexity index is 411. The number of hydrogen-bond acceptors (Lipinski definition) is 4. The van der Waals surface area contributed by atoms with E-state index in [1.54, 1.807) is 13.3 Å². The molecule has 0 saturated carbocycles. The van der Waals surface area contributed by atoms with Crippen molar-refractivity contribution in [2.45, 2.75) is 19.4 Å². The van der Waals surface area contributed by atoms with Crippen LogP contribution in [0, 0.1) is 5.41 Å². The van der Waals surface area contributed by atoms with Crippen LogP contribution in [0.2, 0.25) is 0 Å². The van der Waals surface area contributed by atoms with Crippen molar-refractivity contribution in [2.24, 2.45) is 10.4 Å². The van der Waals surface area contributed by atoms with Crippen LogP contribution in [0.25, 0.3) is 0 Å². The molecule has 1 fully saturated rings. The molecule has 1 aromatic rings. The molecule has 1 saturated heterocycles. The topological polar surface area (TPSA) is 79.0 Å². The molecule has 1 atom stereocenters. The highest BCUT2D eigenvalue weighted by Crippen LogP contribution is 2.31. The van der Waals surface area contributed by atoms with Gasteiger partial charge in [-0.3, -0.25) is 4.99 Å². The minimum absolute atomic E-state index is 0.0110. The SMILES string of the molecule is CN=C(NCc1ccco1)NCC1(CCO)CCOC1. The van der Waals surface area contributed by atoms with E-state index < -0.39 is 0 Å². The van der Waals surface area contributed by atoms with Gasteiger partial charge in [0.1, 0.15) is 5.76 Å². The largest absolute Gasteiger partial charge is 0.467 e. The van der Waals surface area contributed by atoms with Crippen molar-refractivity contribution in [3.8, 4) is 0 Å². The third kappa shape index (κ3) is 3.98. The van der Waals surface area contributed by atoms with Crippen molar-refractivity contribution in [3.05, 3.63) is 24.2 Å². The van der Waals surface area contributed by atoms with Crippen LogP contribution in [-0.2, 0) is 11.3 Å². The number of furan rings is 1. The van der Waals surface area contributed by atoms with Gasteiger partial charge in [-0.15, -0.1) is 0 Å². The van der Waals surface area contributed by atoms with E-state index in [0.717, 1.165) is 37.7 Å². The summed E-state index contributed by atoms with van der Waals surface area (Å²) in [5.74, 6) is 1.59. The molecule has 0 radical (unpaired) electrons. The van der Waals surface area contributed by atoms with Crippen LogP contribution in [-0.4, -0.2) is 44.5 Å². The minimum atomic E-state index is 0.0110. The van der Waals surface area contributed by atoms with Crippen LogP contribution in [0.5, 0.6) is 0 Å². The van der Waals surface area contributed by atoms with E-state index in [1.807, 2.05) is 12.1 Å². The normalized spacial score (nSPS) is 23.0. The Morgan fingerprint density at radius 2 is 2.40 bits per heavy atom. The van der Waals surface area contributed by atoms with Crippen LogP contribution in [0.3, 0.4) is 0 Å². The van der Waals surface area contributed by atoms with Gasteiger partial charge >= 0.3 is 0 Å². The van der Waals surface area contributed by atoms with Crippen LogP contribution in [0.15, 0.2) is 27.8 Å². The molecule has 2 rings (SSSR count). The minimum Gasteiger partial charge on any atom is -0.467 e. The molecule has 1 aliphatic heterocycles. The van der Waals surface area contributed by atoms with Gasteiger partial charge < -0.3 is 24.9 Å². The lowest BCUT2D eigenvalue weighted by molar-refractivity contribution is 0.127. The van der Waals surface area contributed by atoms with Crippen molar-refractivity contribution >= 4 is 5.96 Å². The first-order chi connectivity index (χ1) is 9.78. The van der Waals surface area contributed by atoms with E-state index in [-0.39, 0.29) is 12.0 Å². The highest BCUT2D eigenvalue weighted by molar-refractivity contribution is 5.79. The molecule has 0 spiro atoms. The summed E-state index contributed by atoms with van der Waals surface area (Å²) in [6.07, 6.45) is 3.37. The molecule has 6 heteroatoms. The average Bonchev–Trinajstić information content (AvgIpc) is 3.11. The zero-order chi connectivity index (χ0) is 14.3. The molecule has 6 nitrogen and oxygen atoms in total. The fourth-order valence-electron chi connectivity index (χ4n) is 2.39. The molecule has 0 aromatic carbocycles. The van der Waals surface area contributed by atoms with Crippen molar-refractivity contribution in [3.63, 3.8) is 0 Å². The smallest absolute Gasteiger partial charge is 0.191 e. The quantitative estimate of drug-likeness (QED) is 0.529. The maximum absolute atomic E-state index is 9.20. The summed E-state index contributed by atoms with van der Waals surface area (Å²) in [6, 6.07) is 3.78. The van der Waals surface area contributed by atoms with Crippen LogP contribution >= 0.6 is 0 Å². The highest BCUT2D eigenvalue weighted by Gasteiger charge is 2.34. The number of aliphatic imine (C=N–C) groups is 1. The zero-order valence-corrected chi connectivity index (χ0v) is 11.9. The second-order valence-electron chi connectivity index (χ2n) is 5.13. The Balaban J connectivity index is 1.80. The number of guanidine groups is 1. The van der Waals surface area contributed by atoms with Crippen molar-refractivity contribution in [2.75, 3.05) is 33.4 Å². The maximum Gasteiger partial charge on any atom is 0.191 e. The number of hydrogen-bond donors (Lipinski definition) is 3. The fourth-order valence-corrected chi connectivity index (χ4v) is 2.39. The number of ether oxygens (including phenoxy) is 1.